The third kappa shape index (κ3) is 5.02. The Hall–Kier alpha value is -2.65. The summed E-state index contributed by atoms with van der Waals surface area (Å²) in [4.78, 5) is 33.0. The number of nitrogens with zero attached hydrogens (tertiary/aromatic N) is 3. The third-order valence-corrected chi connectivity index (χ3v) is 8.47. The molecule has 2 heterocycles. The Labute approximate surface area is 220 Å². The maximum atomic E-state index is 13.7. The van der Waals surface area contributed by atoms with E-state index in [9.17, 15) is 9.59 Å². The van der Waals surface area contributed by atoms with E-state index >= 15 is 0 Å². The highest BCUT2D eigenvalue weighted by Gasteiger charge is 2.23. The third-order valence-electron chi connectivity index (χ3n) is 5.69. The average molecular weight is 544 g/mol. The van der Waals surface area contributed by atoms with Crippen molar-refractivity contribution in [2.45, 2.75) is 30.8 Å². The van der Waals surface area contributed by atoms with Crippen molar-refractivity contribution >= 4 is 68.6 Å². The summed E-state index contributed by atoms with van der Waals surface area (Å²) in [5.41, 5.74) is 4.78. The molecular weight excluding hydrogens is 523 g/mol. The van der Waals surface area contributed by atoms with Crippen LogP contribution in [0.25, 0.3) is 15.9 Å². The van der Waals surface area contributed by atoms with Crippen LogP contribution in [0.2, 0.25) is 10.0 Å². The number of hydrogen-bond acceptors (Lipinski definition) is 6. The van der Waals surface area contributed by atoms with Gasteiger partial charge in [0.05, 0.1) is 33.1 Å². The second-order valence-corrected chi connectivity index (χ2v) is 10.8. The van der Waals surface area contributed by atoms with Gasteiger partial charge >= 0.3 is 0 Å². The number of thiophene rings is 1. The Morgan fingerprint density at radius 2 is 1.86 bits per heavy atom. The zero-order valence-electron chi connectivity index (χ0n) is 18.5. The number of rotatable bonds is 6. The van der Waals surface area contributed by atoms with Gasteiger partial charge in [-0.05, 0) is 55.5 Å². The number of hydrazone groups is 1. The van der Waals surface area contributed by atoms with E-state index in [1.165, 1.54) is 22.9 Å². The maximum Gasteiger partial charge on any atom is 0.267 e. The first-order chi connectivity index (χ1) is 17.0. The van der Waals surface area contributed by atoms with Crippen LogP contribution in [-0.4, -0.2) is 27.4 Å². The molecule has 1 amide bonds. The van der Waals surface area contributed by atoms with Crippen molar-refractivity contribution in [1.29, 1.82) is 0 Å². The molecule has 0 fully saturated rings. The van der Waals surface area contributed by atoms with E-state index in [1.807, 2.05) is 30.3 Å². The lowest BCUT2D eigenvalue weighted by atomic mass is 9.97. The summed E-state index contributed by atoms with van der Waals surface area (Å²) in [5.74, 6) is -0.308. The van der Waals surface area contributed by atoms with E-state index in [2.05, 4.69) is 10.5 Å². The monoisotopic (exact) mass is 542 g/mol. The van der Waals surface area contributed by atoms with Crippen molar-refractivity contribution in [1.82, 2.24) is 15.0 Å². The first-order valence-corrected chi connectivity index (χ1v) is 13.6. The summed E-state index contributed by atoms with van der Waals surface area (Å²) in [6.45, 7) is 0. The van der Waals surface area contributed by atoms with Gasteiger partial charge in [-0.3, -0.25) is 14.2 Å². The molecule has 0 aliphatic heterocycles. The van der Waals surface area contributed by atoms with Gasteiger partial charge in [-0.1, -0.05) is 59.2 Å². The van der Waals surface area contributed by atoms with Gasteiger partial charge in [0.1, 0.15) is 4.83 Å². The number of halogens is 2. The molecule has 10 heteroatoms. The van der Waals surface area contributed by atoms with Crippen LogP contribution in [0.3, 0.4) is 0 Å². The van der Waals surface area contributed by atoms with Crippen molar-refractivity contribution in [3.63, 3.8) is 0 Å². The molecule has 1 N–H and O–H groups in total. The molecule has 0 saturated heterocycles. The zero-order valence-corrected chi connectivity index (χ0v) is 21.6. The normalized spacial score (nSPS) is 13.3. The summed E-state index contributed by atoms with van der Waals surface area (Å²) in [5, 5.41) is 6.03. The van der Waals surface area contributed by atoms with Crippen LogP contribution in [0.4, 0.5) is 0 Å². The van der Waals surface area contributed by atoms with Gasteiger partial charge in [0, 0.05) is 10.4 Å². The Morgan fingerprint density at radius 1 is 1.11 bits per heavy atom. The lowest BCUT2D eigenvalue weighted by Gasteiger charge is -2.13. The molecule has 5 rings (SSSR count). The van der Waals surface area contributed by atoms with Crippen LogP contribution in [0.15, 0.2) is 63.6 Å². The topological polar surface area (TPSA) is 76.3 Å². The summed E-state index contributed by atoms with van der Waals surface area (Å²) in [6, 6.07) is 14.5. The Balaban J connectivity index is 1.42. The predicted molar refractivity (Wildman–Crippen MR) is 145 cm³/mol. The number of carbonyl (C=O) groups is 1. The minimum Gasteiger partial charge on any atom is -0.272 e. The van der Waals surface area contributed by atoms with Gasteiger partial charge in [0.25, 0.3) is 11.5 Å². The quantitative estimate of drug-likeness (QED) is 0.143. The van der Waals surface area contributed by atoms with E-state index in [0.29, 0.717) is 26.2 Å². The lowest BCUT2D eigenvalue weighted by Crippen LogP contribution is -2.24. The summed E-state index contributed by atoms with van der Waals surface area (Å²) >= 11 is 15.1. The fraction of sp³-hybridized carbons (Fsp3) is 0.200. The molecule has 0 unspecified atom stereocenters. The van der Waals surface area contributed by atoms with E-state index in [-0.39, 0.29) is 17.2 Å². The van der Waals surface area contributed by atoms with Crippen molar-refractivity contribution in [3.05, 3.63) is 84.9 Å². The van der Waals surface area contributed by atoms with Crippen LogP contribution >= 0.6 is 46.3 Å². The summed E-state index contributed by atoms with van der Waals surface area (Å²) < 4.78 is 1.61. The van der Waals surface area contributed by atoms with E-state index in [0.717, 1.165) is 41.8 Å². The van der Waals surface area contributed by atoms with Gasteiger partial charge in [-0.25, -0.2) is 10.4 Å². The molecule has 4 aromatic rings. The standard InChI is InChI=1S/C25H20Cl2N4O2S2/c26-18-10-6-11-19(27)17(18)13-28-30-21(32)14-34-25-29-23-22(16-9-4-5-12-20(16)35-23)24(33)31(25)15-7-2-1-3-8-15/h1-3,6-8,10-11,13H,4-5,9,12,14H2,(H,30,32). The number of amides is 1. The lowest BCUT2D eigenvalue weighted by molar-refractivity contribution is -0.118. The molecule has 0 bridgehead atoms. The second kappa shape index (κ2) is 10.5. The fourth-order valence-electron chi connectivity index (χ4n) is 4.05. The highest BCUT2D eigenvalue weighted by atomic mass is 35.5. The van der Waals surface area contributed by atoms with Crippen LogP contribution < -0.4 is 11.0 Å². The van der Waals surface area contributed by atoms with Crippen molar-refractivity contribution < 1.29 is 4.79 Å². The average Bonchev–Trinajstić information content (AvgIpc) is 3.24. The zero-order chi connectivity index (χ0) is 24.4. The summed E-state index contributed by atoms with van der Waals surface area (Å²) in [6.07, 6.45) is 5.52. The van der Waals surface area contributed by atoms with Gasteiger partial charge in [0.2, 0.25) is 0 Å². The van der Waals surface area contributed by atoms with Gasteiger partial charge in [0.15, 0.2) is 5.16 Å². The van der Waals surface area contributed by atoms with Crippen LogP contribution in [0, 0.1) is 0 Å². The molecule has 0 radical (unpaired) electrons. The number of aryl methyl sites for hydroxylation is 2. The summed E-state index contributed by atoms with van der Waals surface area (Å²) in [7, 11) is 0. The molecule has 6 nitrogen and oxygen atoms in total. The number of para-hydroxylation sites is 1. The van der Waals surface area contributed by atoms with Crippen LogP contribution in [0.5, 0.6) is 0 Å². The smallest absolute Gasteiger partial charge is 0.267 e. The number of thioether (sulfide) groups is 1. The number of fused-ring (bicyclic) bond motifs is 3. The molecule has 0 spiro atoms. The number of benzene rings is 2. The number of nitrogens with one attached hydrogen (secondary N) is 1. The number of carbonyl (C=O) groups excluding carboxylic acids is 1. The largest absolute Gasteiger partial charge is 0.272 e. The van der Waals surface area contributed by atoms with Crippen LogP contribution in [-0.2, 0) is 17.6 Å². The number of aromatic nitrogens is 2. The SMILES string of the molecule is O=C(CSc1nc2sc3c(c2c(=O)n1-c1ccccc1)CCCC3)NN=Cc1c(Cl)cccc1Cl. The van der Waals surface area contributed by atoms with Gasteiger partial charge < -0.3 is 0 Å². The fourth-order valence-corrected chi connectivity index (χ4v) is 6.66. The molecule has 1 aliphatic rings. The van der Waals surface area contributed by atoms with Crippen LogP contribution in [0.1, 0.15) is 28.8 Å². The molecule has 0 saturated carbocycles. The molecule has 2 aromatic carbocycles. The molecular formula is C25H20Cl2N4O2S2. The van der Waals surface area contributed by atoms with Crippen molar-refractivity contribution in [2.24, 2.45) is 5.10 Å². The highest BCUT2D eigenvalue weighted by Crippen LogP contribution is 2.35. The Morgan fingerprint density at radius 3 is 2.63 bits per heavy atom. The minimum atomic E-state index is -0.339. The van der Waals surface area contributed by atoms with Gasteiger partial charge in [-0.2, -0.15) is 5.10 Å². The Bertz CT molecular complexity index is 1480. The maximum absolute atomic E-state index is 13.7. The van der Waals surface area contributed by atoms with E-state index < -0.39 is 0 Å². The van der Waals surface area contributed by atoms with E-state index in [4.69, 9.17) is 28.2 Å². The van der Waals surface area contributed by atoms with Gasteiger partial charge in [-0.15, -0.1) is 11.3 Å². The first kappa shape index (κ1) is 24.1. The molecule has 1 aliphatic carbocycles. The molecule has 0 atom stereocenters. The predicted octanol–water partition coefficient (Wildman–Crippen LogP) is 5.88. The minimum absolute atomic E-state index is 0.0312. The van der Waals surface area contributed by atoms with Crippen molar-refractivity contribution in [3.8, 4) is 5.69 Å². The van der Waals surface area contributed by atoms with Crippen molar-refractivity contribution in [2.75, 3.05) is 5.75 Å². The molecule has 178 valence electrons. The first-order valence-electron chi connectivity index (χ1n) is 11.0. The second-order valence-electron chi connectivity index (χ2n) is 7.98. The highest BCUT2D eigenvalue weighted by molar-refractivity contribution is 7.99. The number of hydrogen-bond donors (Lipinski definition) is 1. The molecule has 35 heavy (non-hydrogen) atoms. The Kier molecular flexibility index (Phi) is 7.24. The van der Waals surface area contributed by atoms with E-state index in [1.54, 1.807) is 34.1 Å². The molecule has 2 aromatic heterocycles.